The van der Waals surface area contributed by atoms with Gasteiger partial charge in [0.05, 0.1) is 54.6 Å². The normalized spacial score (nSPS) is 26.1. The molecule has 4 amide bonds. The molecule has 3 aromatic carbocycles. The van der Waals surface area contributed by atoms with Crippen molar-refractivity contribution in [3.05, 3.63) is 122 Å². The molecule has 0 spiro atoms. The minimum Gasteiger partial charge on any atom is -0.504 e. The Kier molecular flexibility index (Phi) is 9.28. The number of anilines is 1. The van der Waals surface area contributed by atoms with E-state index < -0.39 is 46.8 Å². The molecule has 8 rings (SSSR count). The lowest BCUT2D eigenvalue weighted by atomic mass is 9.50. The number of nitrogens with one attached hydrogen (secondary N) is 1. The number of carbonyl (C=O) groups is 4. The number of phenols is 1. The highest BCUT2D eigenvalue weighted by Crippen LogP contribution is 2.61. The Morgan fingerprint density at radius 1 is 0.944 bits per heavy atom. The number of nitrogens with zero attached hydrogens (tertiary/aromatic N) is 2. The Labute approximate surface area is 325 Å². The zero-order chi connectivity index (χ0) is 37.9. The third-order valence-electron chi connectivity index (χ3n) is 11.3. The van der Waals surface area contributed by atoms with Crippen molar-refractivity contribution in [1.29, 1.82) is 0 Å². The van der Waals surface area contributed by atoms with Gasteiger partial charge in [0, 0.05) is 15.8 Å². The van der Waals surface area contributed by atoms with Crippen molar-refractivity contribution in [1.82, 2.24) is 9.91 Å². The van der Waals surface area contributed by atoms with Gasteiger partial charge in [-0.15, -0.1) is 11.3 Å². The van der Waals surface area contributed by atoms with E-state index in [4.69, 9.17) is 32.7 Å². The van der Waals surface area contributed by atoms with Crippen molar-refractivity contribution in [2.24, 2.45) is 29.6 Å². The van der Waals surface area contributed by atoms with E-state index in [0.29, 0.717) is 34.0 Å². The van der Waals surface area contributed by atoms with E-state index in [9.17, 15) is 19.5 Å². The Balaban J connectivity index is 1.29. The minimum absolute atomic E-state index is 0.0289. The summed E-state index contributed by atoms with van der Waals surface area (Å²) in [5.41, 5.74) is 3.92. The first-order valence-electron chi connectivity index (χ1n) is 17.4. The number of hydrogen-bond donors (Lipinski definition) is 2. The molecule has 13 heteroatoms. The fraction of sp³-hybridized carbons (Fsp3) is 0.268. The fourth-order valence-electron chi connectivity index (χ4n) is 8.87. The average molecular weight is 785 g/mol. The van der Waals surface area contributed by atoms with Gasteiger partial charge in [-0.1, -0.05) is 71.3 Å². The molecule has 276 valence electrons. The van der Waals surface area contributed by atoms with Gasteiger partial charge in [0.2, 0.25) is 11.8 Å². The molecule has 6 atom stereocenters. The molecule has 3 heterocycles. The number of methoxy groups -OCH3 is 2. The summed E-state index contributed by atoms with van der Waals surface area (Å²) in [6.45, 7) is 0.187. The molecule has 4 aliphatic rings. The van der Waals surface area contributed by atoms with Gasteiger partial charge < -0.3 is 14.6 Å². The number of thiophene rings is 1. The van der Waals surface area contributed by atoms with Gasteiger partial charge in [0.15, 0.2) is 11.5 Å². The van der Waals surface area contributed by atoms with E-state index in [1.165, 1.54) is 35.5 Å². The Morgan fingerprint density at radius 3 is 2.44 bits per heavy atom. The van der Waals surface area contributed by atoms with Crippen LogP contribution in [0.5, 0.6) is 17.2 Å². The smallest absolute Gasteiger partial charge is 0.260 e. The highest BCUT2D eigenvalue weighted by Gasteiger charge is 2.69. The lowest BCUT2D eigenvalue weighted by Crippen LogP contribution is -2.54. The molecule has 0 bridgehead atoms. The van der Waals surface area contributed by atoms with Crippen LogP contribution in [0.15, 0.2) is 95.9 Å². The molecule has 3 fully saturated rings. The molecule has 1 saturated carbocycles. The Morgan fingerprint density at radius 2 is 1.74 bits per heavy atom. The number of rotatable bonds is 9. The molecule has 6 unspecified atom stereocenters. The molecular formula is C41H35Cl2N3O7S. The number of amides is 4. The summed E-state index contributed by atoms with van der Waals surface area (Å²) >= 11 is 14.2. The minimum atomic E-state index is -1.48. The Bertz CT molecular complexity index is 2240. The van der Waals surface area contributed by atoms with Crippen molar-refractivity contribution >= 4 is 69.9 Å². The summed E-state index contributed by atoms with van der Waals surface area (Å²) in [6, 6.07) is 20.6. The predicted octanol–water partition coefficient (Wildman–Crippen LogP) is 7.51. The number of hydrazine groups is 1. The third-order valence-corrected chi connectivity index (χ3v) is 12.7. The van der Waals surface area contributed by atoms with E-state index in [-0.39, 0.29) is 41.3 Å². The second-order valence-electron chi connectivity index (χ2n) is 13.9. The number of ether oxygens (including phenoxy) is 2. The third kappa shape index (κ3) is 5.68. The highest BCUT2D eigenvalue weighted by atomic mass is 35.5. The Hall–Kier alpha value is -5.10. The van der Waals surface area contributed by atoms with Crippen LogP contribution in [0.2, 0.25) is 10.0 Å². The van der Waals surface area contributed by atoms with Crippen LogP contribution in [0.3, 0.4) is 0 Å². The quantitative estimate of drug-likeness (QED) is 0.132. The molecule has 2 saturated heterocycles. The second kappa shape index (κ2) is 14.0. The molecule has 1 aromatic heterocycles. The zero-order valence-corrected chi connectivity index (χ0v) is 31.5. The summed E-state index contributed by atoms with van der Waals surface area (Å²) in [5.74, 6) is -4.15. The first kappa shape index (κ1) is 35.9. The molecule has 54 heavy (non-hydrogen) atoms. The number of allylic oxidation sites excluding steroid dienone is 3. The van der Waals surface area contributed by atoms with Gasteiger partial charge >= 0.3 is 0 Å². The average Bonchev–Trinajstić information content (AvgIpc) is 3.84. The summed E-state index contributed by atoms with van der Waals surface area (Å²) in [4.78, 5) is 60.7. The van der Waals surface area contributed by atoms with Crippen LogP contribution in [0.25, 0.3) is 6.08 Å². The van der Waals surface area contributed by atoms with E-state index in [0.717, 1.165) is 15.5 Å². The summed E-state index contributed by atoms with van der Waals surface area (Å²) < 4.78 is 10.8. The van der Waals surface area contributed by atoms with Gasteiger partial charge in [-0.25, -0.2) is 0 Å². The number of phenolic OH excluding ortho intramolecular Hbond substituents is 1. The van der Waals surface area contributed by atoms with Crippen molar-refractivity contribution in [2.75, 3.05) is 19.6 Å². The molecule has 2 aliphatic heterocycles. The number of fused-ring (bicyclic) bond motifs is 4. The number of halogens is 2. The van der Waals surface area contributed by atoms with Gasteiger partial charge in [-0.3, -0.25) is 29.5 Å². The fourth-order valence-corrected chi connectivity index (χ4v) is 10.0. The maximum absolute atomic E-state index is 15.3. The SMILES string of the molecule is COc1ccc(C23C(=O)N(Nc4ccc(Cl)cc4Cl)C(=O)C2CC2C(=CCC4C(=O)N(Cc5cccs5)C(=O)C42)C3C=Cc2ccc(O)c(OC)c2)cc1. The largest absolute Gasteiger partial charge is 0.504 e. The lowest BCUT2D eigenvalue weighted by Gasteiger charge is -2.49. The van der Waals surface area contributed by atoms with Crippen molar-refractivity contribution in [3.8, 4) is 17.2 Å². The van der Waals surface area contributed by atoms with Crippen molar-refractivity contribution in [2.45, 2.75) is 24.8 Å². The molecule has 2 aliphatic carbocycles. The van der Waals surface area contributed by atoms with Crippen LogP contribution in [0.4, 0.5) is 5.69 Å². The van der Waals surface area contributed by atoms with E-state index in [1.54, 1.807) is 55.6 Å². The maximum Gasteiger partial charge on any atom is 0.260 e. The molecular weight excluding hydrogens is 749 g/mol. The van der Waals surface area contributed by atoms with Gasteiger partial charge in [0.1, 0.15) is 5.75 Å². The summed E-state index contributed by atoms with van der Waals surface area (Å²) in [7, 11) is 3.01. The molecule has 4 aromatic rings. The maximum atomic E-state index is 15.3. The van der Waals surface area contributed by atoms with Crippen molar-refractivity contribution in [3.63, 3.8) is 0 Å². The number of imide groups is 2. The zero-order valence-electron chi connectivity index (χ0n) is 29.2. The number of hydrogen-bond acceptors (Lipinski definition) is 9. The van der Waals surface area contributed by atoms with E-state index >= 15 is 4.79 Å². The molecule has 10 nitrogen and oxygen atoms in total. The first-order valence-corrected chi connectivity index (χ1v) is 19.1. The van der Waals surface area contributed by atoms with Crippen LogP contribution >= 0.6 is 34.5 Å². The number of aromatic hydroxyl groups is 1. The monoisotopic (exact) mass is 783 g/mol. The van der Waals surface area contributed by atoms with E-state index in [1.807, 2.05) is 35.7 Å². The van der Waals surface area contributed by atoms with Crippen LogP contribution in [-0.2, 0) is 31.1 Å². The number of benzene rings is 3. The van der Waals surface area contributed by atoms with Crippen LogP contribution in [-0.4, -0.2) is 52.9 Å². The topological polar surface area (TPSA) is 125 Å². The van der Waals surface area contributed by atoms with Gasteiger partial charge in [-0.05, 0) is 83.8 Å². The predicted molar refractivity (Wildman–Crippen MR) is 205 cm³/mol. The van der Waals surface area contributed by atoms with Crippen LogP contribution in [0.1, 0.15) is 28.8 Å². The summed E-state index contributed by atoms with van der Waals surface area (Å²) in [6.07, 6.45) is 6.20. The van der Waals surface area contributed by atoms with Gasteiger partial charge in [-0.2, -0.15) is 5.01 Å². The van der Waals surface area contributed by atoms with E-state index in [2.05, 4.69) is 5.43 Å². The van der Waals surface area contributed by atoms with Gasteiger partial charge in [0.25, 0.3) is 11.8 Å². The molecule has 0 radical (unpaired) electrons. The van der Waals surface area contributed by atoms with Crippen molar-refractivity contribution < 1.29 is 33.8 Å². The molecule has 2 N–H and O–H groups in total. The van der Waals surface area contributed by atoms with Crippen LogP contribution in [0, 0.1) is 29.6 Å². The lowest BCUT2D eigenvalue weighted by molar-refractivity contribution is -0.141. The number of carbonyl (C=O) groups excluding carboxylic acids is 4. The van der Waals surface area contributed by atoms with Crippen LogP contribution < -0.4 is 14.9 Å². The number of likely N-dealkylation sites (tertiary alicyclic amines) is 1. The first-order chi connectivity index (χ1) is 26.1. The highest BCUT2D eigenvalue weighted by molar-refractivity contribution is 7.09. The second-order valence-corrected chi connectivity index (χ2v) is 15.8. The summed E-state index contributed by atoms with van der Waals surface area (Å²) in [5, 5.41) is 13.9. The standard InChI is InChI=1S/C41H35Cl2N3O7S/c1-52-25-10-7-23(8-11-25)41-30(14-5-22-6-16-34(47)35(18-22)53-2)27-12-13-28-36(39(50)45(37(28)48)21-26-4-3-17-54-26)29(27)20-31(41)38(49)46(40(41)51)44-33-15-9-24(42)19-32(33)43/h3-12,14-19,28-31,36,44,47H,13,20-21H2,1-2H3.